The number of imidazole rings is 1. The molecule has 1 atom stereocenters. The molecule has 0 radical (unpaired) electrons. The van der Waals surface area contributed by atoms with Gasteiger partial charge in [-0.15, -0.1) is 0 Å². The molecule has 2 rings (SSSR count). The molecule has 2 aromatic rings. The standard InChI is InChI=1S/C8H7ClN4O2/c1-4(8(14)15)13-3-12-5-6(9)10-2-11-7(5)13/h2-4H,1H3,(H,14,15). The van der Waals surface area contributed by atoms with Gasteiger partial charge < -0.3 is 9.67 Å². The Morgan fingerprint density at radius 1 is 1.53 bits per heavy atom. The van der Waals surface area contributed by atoms with E-state index in [1.54, 1.807) is 6.92 Å². The highest BCUT2D eigenvalue weighted by atomic mass is 35.5. The van der Waals surface area contributed by atoms with Crippen molar-refractivity contribution >= 4 is 28.7 Å². The number of hydrogen-bond donors (Lipinski definition) is 1. The van der Waals surface area contributed by atoms with E-state index in [1.165, 1.54) is 17.2 Å². The van der Waals surface area contributed by atoms with Gasteiger partial charge in [0, 0.05) is 0 Å². The molecular weight excluding hydrogens is 220 g/mol. The van der Waals surface area contributed by atoms with E-state index in [-0.39, 0.29) is 5.15 Å². The minimum atomic E-state index is -0.955. The number of halogens is 1. The van der Waals surface area contributed by atoms with Crippen LogP contribution in [-0.4, -0.2) is 30.6 Å². The van der Waals surface area contributed by atoms with E-state index in [1.807, 2.05) is 0 Å². The first kappa shape index (κ1) is 9.85. The number of carboxylic acid groups (broad SMARTS) is 1. The van der Waals surface area contributed by atoms with Gasteiger partial charge in [-0.25, -0.2) is 19.7 Å². The van der Waals surface area contributed by atoms with E-state index in [2.05, 4.69) is 15.0 Å². The third-order valence-corrected chi connectivity index (χ3v) is 2.37. The highest BCUT2D eigenvalue weighted by Gasteiger charge is 2.17. The van der Waals surface area contributed by atoms with Crippen LogP contribution in [0.4, 0.5) is 0 Å². The molecule has 6 nitrogen and oxygen atoms in total. The van der Waals surface area contributed by atoms with Crippen LogP contribution in [0.3, 0.4) is 0 Å². The van der Waals surface area contributed by atoms with Crippen molar-refractivity contribution in [2.45, 2.75) is 13.0 Å². The molecule has 0 aliphatic rings. The van der Waals surface area contributed by atoms with Crippen molar-refractivity contribution in [3.05, 3.63) is 17.8 Å². The lowest BCUT2D eigenvalue weighted by atomic mass is 10.3. The van der Waals surface area contributed by atoms with Crippen molar-refractivity contribution in [3.63, 3.8) is 0 Å². The molecule has 7 heteroatoms. The van der Waals surface area contributed by atoms with Crippen LogP contribution in [0.15, 0.2) is 12.7 Å². The van der Waals surface area contributed by atoms with Gasteiger partial charge in [-0.05, 0) is 6.92 Å². The van der Waals surface area contributed by atoms with Gasteiger partial charge >= 0.3 is 5.97 Å². The first-order valence-electron chi connectivity index (χ1n) is 4.17. The number of rotatable bonds is 2. The molecular formula is C8H7ClN4O2. The lowest BCUT2D eigenvalue weighted by molar-refractivity contribution is -0.140. The monoisotopic (exact) mass is 226 g/mol. The average molecular weight is 227 g/mol. The fourth-order valence-corrected chi connectivity index (χ4v) is 1.40. The van der Waals surface area contributed by atoms with Crippen molar-refractivity contribution in [1.82, 2.24) is 19.5 Å². The number of nitrogens with zero attached hydrogens (tertiary/aromatic N) is 4. The first-order chi connectivity index (χ1) is 7.11. The van der Waals surface area contributed by atoms with E-state index in [4.69, 9.17) is 16.7 Å². The van der Waals surface area contributed by atoms with Gasteiger partial charge in [-0.1, -0.05) is 11.6 Å². The summed E-state index contributed by atoms with van der Waals surface area (Å²) < 4.78 is 1.44. The van der Waals surface area contributed by atoms with Crippen LogP contribution in [0.1, 0.15) is 13.0 Å². The van der Waals surface area contributed by atoms with Gasteiger partial charge in [-0.3, -0.25) is 0 Å². The van der Waals surface area contributed by atoms with Crippen molar-refractivity contribution in [2.75, 3.05) is 0 Å². The maximum Gasteiger partial charge on any atom is 0.326 e. The van der Waals surface area contributed by atoms with Crippen LogP contribution in [0.2, 0.25) is 5.15 Å². The van der Waals surface area contributed by atoms with Crippen molar-refractivity contribution in [3.8, 4) is 0 Å². The Hall–Kier alpha value is -1.69. The molecule has 78 valence electrons. The molecule has 0 bridgehead atoms. The smallest absolute Gasteiger partial charge is 0.326 e. The number of fused-ring (bicyclic) bond motifs is 1. The van der Waals surface area contributed by atoms with Crippen molar-refractivity contribution < 1.29 is 9.90 Å². The molecule has 0 amide bonds. The van der Waals surface area contributed by atoms with Gasteiger partial charge in [0.1, 0.15) is 17.9 Å². The fourth-order valence-electron chi connectivity index (χ4n) is 1.23. The van der Waals surface area contributed by atoms with E-state index in [0.29, 0.717) is 11.2 Å². The Morgan fingerprint density at radius 2 is 2.27 bits per heavy atom. The second-order valence-corrected chi connectivity index (χ2v) is 3.36. The van der Waals surface area contributed by atoms with Gasteiger partial charge in [0.05, 0.1) is 6.33 Å². The van der Waals surface area contributed by atoms with Gasteiger partial charge in [0.2, 0.25) is 0 Å². The molecule has 2 heterocycles. The van der Waals surface area contributed by atoms with Crippen LogP contribution in [0.5, 0.6) is 0 Å². The minimum Gasteiger partial charge on any atom is -0.480 e. The molecule has 1 N–H and O–H groups in total. The molecule has 2 aromatic heterocycles. The third-order valence-electron chi connectivity index (χ3n) is 2.09. The molecule has 0 spiro atoms. The summed E-state index contributed by atoms with van der Waals surface area (Å²) in [6.45, 7) is 1.54. The van der Waals surface area contributed by atoms with Crippen LogP contribution in [0, 0.1) is 0 Å². The Balaban J connectivity index is 2.64. The van der Waals surface area contributed by atoms with Crippen molar-refractivity contribution in [1.29, 1.82) is 0 Å². The molecule has 1 unspecified atom stereocenters. The molecule has 0 fully saturated rings. The zero-order chi connectivity index (χ0) is 11.0. The lowest BCUT2D eigenvalue weighted by Gasteiger charge is -2.07. The van der Waals surface area contributed by atoms with E-state index >= 15 is 0 Å². The van der Waals surface area contributed by atoms with E-state index in [0.717, 1.165) is 0 Å². The lowest BCUT2D eigenvalue weighted by Crippen LogP contribution is -2.14. The molecule has 0 saturated heterocycles. The van der Waals surface area contributed by atoms with Crippen LogP contribution < -0.4 is 0 Å². The topological polar surface area (TPSA) is 80.9 Å². The third kappa shape index (κ3) is 1.52. The van der Waals surface area contributed by atoms with Crippen LogP contribution >= 0.6 is 11.6 Å². The van der Waals surface area contributed by atoms with Gasteiger partial charge in [-0.2, -0.15) is 0 Å². The van der Waals surface area contributed by atoms with Gasteiger partial charge in [0.25, 0.3) is 0 Å². The number of hydrogen-bond acceptors (Lipinski definition) is 4. The normalized spacial score (nSPS) is 12.9. The zero-order valence-electron chi connectivity index (χ0n) is 7.75. The van der Waals surface area contributed by atoms with E-state index < -0.39 is 12.0 Å². The minimum absolute atomic E-state index is 0.219. The summed E-state index contributed by atoms with van der Waals surface area (Å²) in [5.41, 5.74) is 0.831. The Bertz CT molecular complexity index is 524. The summed E-state index contributed by atoms with van der Waals surface area (Å²) in [7, 11) is 0. The number of aliphatic carboxylic acids is 1. The molecule has 0 saturated carbocycles. The highest BCUT2D eigenvalue weighted by molar-refractivity contribution is 6.33. The maximum absolute atomic E-state index is 10.8. The van der Waals surface area contributed by atoms with Crippen LogP contribution in [-0.2, 0) is 4.79 Å². The summed E-state index contributed by atoms with van der Waals surface area (Å²) >= 11 is 5.78. The first-order valence-corrected chi connectivity index (χ1v) is 4.55. The van der Waals surface area contributed by atoms with Crippen molar-refractivity contribution in [2.24, 2.45) is 0 Å². The molecule has 0 aromatic carbocycles. The van der Waals surface area contributed by atoms with Gasteiger partial charge in [0.15, 0.2) is 10.8 Å². The Kier molecular flexibility index (Phi) is 2.28. The summed E-state index contributed by atoms with van der Waals surface area (Å²) in [6, 6.07) is -0.735. The fraction of sp³-hybridized carbons (Fsp3) is 0.250. The second-order valence-electron chi connectivity index (χ2n) is 3.00. The molecule has 0 aliphatic carbocycles. The highest BCUT2D eigenvalue weighted by Crippen LogP contribution is 2.20. The summed E-state index contributed by atoms with van der Waals surface area (Å²) in [5.74, 6) is -0.955. The maximum atomic E-state index is 10.8. The number of carbonyl (C=O) groups is 1. The number of carboxylic acids is 1. The predicted molar refractivity (Wildman–Crippen MR) is 52.7 cm³/mol. The van der Waals surface area contributed by atoms with Crippen LogP contribution in [0.25, 0.3) is 11.2 Å². The Morgan fingerprint density at radius 3 is 2.93 bits per heavy atom. The second kappa shape index (κ2) is 3.47. The predicted octanol–water partition coefficient (Wildman–Crippen LogP) is 1.13. The summed E-state index contributed by atoms with van der Waals surface area (Å²) in [6.07, 6.45) is 2.67. The largest absolute Gasteiger partial charge is 0.480 e. The average Bonchev–Trinajstić information content (AvgIpc) is 2.61. The summed E-state index contributed by atoms with van der Waals surface area (Å²) in [5, 5.41) is 9.08. The SMILES string of the molecule is CC(C(=O)O)n1cnc2c(Cl)ncnc21. The quantitative estimate of drug-likeness (QED) is 0.777. The number of aromatic nitrogens is 4. The Labute approximate surface area is 89.5 Å². The molecule has 0 aliphatic heterocycles. The summed E-state index contributed by atoms with van der Waals surface area (Å²) in [4.78, 5) is 22.5. The zero-order valence-corrected chi connectivity index (χ0v) is 8.51. The molecule has 15 heavy (non-hydrogen) atoms. The van der Waals surface area contributed by atoms with E-state index in [9.17, 15) is 4.79 Å².